The van der Waals surface area contributed by atoms with Crippen molar-refractivity contribution in [3.8, 4) is 0 Å². The Balaban J connectivity index is 3.87. The molecular weight excluding hydrogens is 602 g/mol. The van der Waals surface area contributed by atoms with Crippen LogP contribution in [0.5, 0.6) is 0 Å². The highest BCUT2D eigenvalue weighted by Gasteiger charge is 2.22. The maximum Gasteiger partial charge on any atom is 0.242 e. The molecule has 2 unspecified atom stereocenters. The Kier molecular flexibility index (Phi) is 24.6. The first-order valence-corrected chi connectivity index (χ1v) is 14.9. The van der Waals surface area contributed by atoms with Crippen molar-refractivity contribution >= 4 is 48.1 Å². The molecule has 2 atom stereocenters. The van der Waals surface area contributed by atoms with E-state index in [0.29, 0.717) is 46.1 Å². The standard InChI is InChI=1S/C26H49N7O10S/c1-18(2)13-19(32-24(37)16-31-23(36)15-30-22(35)14-27)26(39)29-4-6-41-8-10-43-12-11-42-9-7-40-5-3-21(34)33-20(17-44)25(28)38/h18-20,44H,3-17,27H2,1-2H3,(H2,28,38)(H,29,39)(H,30,35)(H,31,36)(H,32,37)(H,33,34). The van der Waals surface area contributed by atoms with Crippen LogP contribution in [0, 0.1) is 5.92 Å². The lowest BCUT2D eigenvalue weighted by atomic mass is 10.0. The zero-order valence-corrected chi connectivity index (χ0v) is 26.4. The molecule has 9 N–H and O–H groups in total. The van der Waals surface area contributed by atoms with Crippen LogP contribution in [0.15, 0.2) is 0 Å². The SMILES string of the molecule is CC(C)CC(NC(=O)CNC(=O)CNC(=O)CN)C(=O)NCCOCCOCCOCCOCCC(=O)NC(CS)C(N)=O. The highest BCUT2D eigenvalue weighted by Crippen LogP contribution is 2.05. The van der Waals surface area contributed by atoms with E-state index in [9.17, 15) is 28.8 Å². The summed E-state index contributed by atoms with van der Waals surface area (Å²) in [6, 6.07) is -1.60. The Hall–Kier alpha value is -3.03. The van der Waals surface area contributed by atoms with Gasteiger partial charge in [-0.05, 0) is 12.3 Å². The number of hydrogen-bond donors (Lipinski definition) is 8. The van der Waals surface area contributed by atoms with Crippen LogP contribution in [0.1, 0.15) is 26.7 Å². The van der Waals surface area contributed by atoms with Gasteiger partial charge < -0.3 is 57.0 Å². The van der Waals surface area contributed by atoms with Crippen molar-refractivity contribution in [1.82, 2.24) is 26.6 Å². The molecule has 0 saturated heterocycles. The molecule has 254 valence electrons. The number of carbonyl (C=O) groups is 6. The number of thiol groups is 1. The predicted molar refractivity (Wildman–Crippen MR) is 162 cm³/mol. The summed E-state index contributed by atoms with van der Waals surface area (Å²) >= 11 is 3.95. The number of hydrogen-bond acceptors (Lipinski definition) is 12. The lowest BCUT2D eigenvalue weighted by Crippen LogP contribution is -2.51. The van der Waals surface area contributed by atoms with Gasteiger partial charge in [-0.3, -0.25) is 28.8 Å². The molecule has 0 radical (unpaired) electrons. The Morgan fingerprint density at radius 1 is 0.659 bits per heavy atom. The van der Waals surface area contributed by atoms with Gasteiger partial charge in [-0.25, -0.2) is 0 Å². The molecule has 44 heavy (non-hydrogen) atoms. The van der Waals surface area contributed by atoms with E-state index in [2.05, 4.69) is 39.2 Å². The molecule has 0 aliphatic rings. The number of nitrogens with two attached hydrogens (primary N) is 2. The van der Waals surface area contributed by atoms with E-state index in [-0.39, 0.29) is 69.3 Å². The minimum absolute atomic E-state index is 0.0840. The monoisotopic (exact) mass is 651 g/mol. The van der Waals surface area contributed by atoms with Gasteiger partial charge in [0.15, 0.2) is 0 Å². The van der Waals surface area contributed by atoms with Crippen LogP contribution in [-0.4, -0.2) is 132 Å². The van der Waals surface area contributed by atoms with Gasteiger partial charge in [-0.15, -0.1) is 0 Å². The third-order valence-electron chi connectivity index (χ3n) is 5.43. The maximum absolute atomic E-state index is 12.6. The Morgan fingerprint density at radius 2 is 1.16 bits per heavy atom. The number of nitrogens with one attached hydrogen (secondary N) is 5. The minimum Gasteiger partial charge on any atom is -0.379 e. The zero-order chi connectivity index (χ0) is 33.2. The second-order valence-corrected chi connectivity index (χ2v) is 10.1. The lowest BCUT2D eigenvalue weighted by molar-refractivity contribution is -0.130. The van der Waals surface area contributed by atoms with Gasteiger partial charge in [0.1, 0.15) is 12.1 Å². The molecule has 0 aliphatic heterocycles. The van der Waals surface area contributed by atoms with Gasteiger partial charge in [-0.2, -0.15) is 12.6 Å². The second-order valence-electron chi connectivity index (χ2n) is 9.70. The summed E-state index contributed by atoms with van der Waals surface area (Å²) in [5.41, 5.74) is 10.3. The predicted octanol–water partition coefficient (Wildman–Crippen LogP) is -3.82. The van der Waals surface area contributed by atoms with E-state index in [1.807, 2.05) is 13.8 Å². The molecule has 17 nitrogen and oxygen atoms in total. The summed E-state index contributed by atoms with van der Waals surface area (Å²) in [6.45, 7) is 5.51. The van der Waals surface area contributed by atoms with Crippen molar-refractivity contribution < 1.29 is 47.7 Å². The van der Waals surface area contributed by atoms with Crippen molar-refractivity contribution in [2.75, 3.05) is 84.8 Å². The Bertz CT molecular complexity index is 882. The van der Waals surface area contributed by atoms with Gasteiger partial charge in [-0.1, -0.05) is 13.8 Å². The van der Waals surface area contributed by atoms with Crippen LogP contribution >= 0.6 is 12.6 Å². The summed E-state index contributed by atoms with van der Waals surface area (Å²) < 4.78 is 21.5. The molecule has 0 aromatic carbocycles. The van der Waals surface area contributed by atoms with E-state index in [1.54, 1.807) is 0 Å². The van der Waals surface area contributed by atoms with Crippen LogP contribution in [0.4, 0.5) is 0 Å². The first-order chi connectivity index (χ1) is 21.0. The van der Waals surface area contributed by atoms with Crippen LogP contribution in [0.2, 0.25) is 0 Å². The zero-order valence-electron chi connectivity index (χ0n) is 25.5. The number of carbonyl (C=O) groups excluding carboxylic acids is 6. The fourth-order valence-corrected chi connectivity index (χ4v) is 3.48. The fourth-order valence-electron chi connectivity index (χ4n) is 3.21. The highest BCUT2D eigenvalue weighted by atomic mass is 32.1. The third-order valence-corrected chi connectivity index (χ3v) is 5.80. The molecular formula is C26H49N7O10S. The summed E-state index contributed by atoms with van der Waals surface area (Å²) in [4.78, 5) is 70.4. The first kappa shape index (κ1) is 41.0. The normalized spacial score (nSPS) is 12.2. The molecule has 0 fully saturated rings. The topological polar surface area (TPSA) is 252 Å². The minimum atomic E-state index is -0.810. The van der Waals surface area contributed by atoms with E-state index < -0.39 is 35.7 Å². The number of primary amides is 1. The molecule has 0 spiro atoms. The van der Waals surface area contributed by atoms with Crippen LogP contribution in [-0.2, 0) is 47.7 Å². The first-order valence-electron chi connectivity index (χ1n) is 14.3. The van der Waals surface area contributed by atoms with Gasteiger partial charge >= 0.3 is 0 Å². The van der Waals surface area contributed by atoms with Gasteiger partial charge in [0, 0.05) is 18.7 Å². The number of ether oxygens (including phenoxy) is 4. The third kappa shape index (κ3) is 23.4. The van der Waals surface area contributed by atoms with Crippen LogP contribution in [0.3, 0.4) is 0 Å². The van der Waals surface area contributed by atoms with Gasteiger partial charge in [0.05, 0.1) is 72.5 Å². The highest BCUT2D eigenvalue weighted by molar-refractivity contribution is 7.80. The number of amides is 6. The summed E-state index contributed by atoms with van der Waals surface area (Å²) in [5.74, 6) is -2.72. The van der Waals surface area contributed by atoms with Crippen molar-refractivity contribution in [3.63, 3.8) is 0 Å². The molecule has 0 aromatic rings. The summed E-state index contributed by atoms with van der Waals surface area (Å²) in [7, 11) is 0. The molecule has 0 heterocycles. The van der Waals surface area contributed by atoms with E-state index in [0.717, 1.165) is 0 Å². The number of rotatable bonds is 27. The molecule has 0 bridgehead atoms. The van der Waals surface area contributed by atoms with Gasteiger partial charge in [0.25, 0.3) is 0 Å². The van der Waals surface area contributed by atoms with Crippen molar-refractivity contribution in [2.45, 2.75) is 38.8 Å². The maximum atomic E-state index is 12.6. The van der Waals surface area contributed by atoms with Crippen LogP contribution in [0.25, 0.3) is 0 Å². The summed E-state index contributed by atoms with van der Waals surface area (Å²) in [5, 5.41) is 12.4. The molecule has 18 heteroatoms. The van der Waals surface area contributed by atoms with E-state index >= 15 is 0 Å². The quantitative estimate of drug-likeness (QED) is 0.0316. The Morgan fingerprint density at radius 3 is 1.68 bits per heavy atom. The van der Waals surface area contributed by atoms with Crippen molar-refractivity contribution in [2.24, 2.45) is 17.4 Å². The molecule has 0 rings (SSSR count). The lowest BCUT2D eigenvalue weighted by Gasteiger charge is -2.20. The van der Waals surface area contributed by atoms with E-state index in [4.69, 9.17) is 30.4 Å². The van der Waals surface area contributed by atoms with E-state index in [1.165, 1.54) is 0 Å². The van der Waals surface area contributed by atoms with Crippen molar-refractivity contribution in [3.05, 3.63) is 0 Å². The largest absolute Gasteiger partial charge is 0.379 e. The van der Waals surface area contributed by atoms with Crippen molar-refractivity contribution in [1.29, 1.82) is 0 Å². The average molecular weight is 652 g/mol. The average Bonchev–Trinajstić information content (AvgIpc) is 2.98. The molecule has 0 saturated carbocycles. The smallest absolute Gasteiger partial charge is 0.242 e. The van der Waals surface area contributed by atoms with Gasteiger partial charge in [0.2, 0.25) is 35.4 Å². The van der Waals surface area contributed by atoms with Crippen LogP contribution < -0.4 is 38.1 Å². The second kappa shape index (κ2) is 26.4. The molecule has 0 aromatic heterocycles. The molecule has 0 aliphatic carbocycles. The Labute approximate surface area is 263 Å². The fraction of sp³-hybridized carbons (Fsp3) is 0.769. The molecule has 6 amide bonds. The summed E-state index contributed by atoms with van der Waals surface area (Å²) in [6.07, 6.45) is 0.480.